The molecule has 1 aromatic heterocycles. The molecular formula is C20H21ClN4O. The number of aromatic nitrogens is 2. The van der Waals surface area contributed by atoms with E-state index < -0.39 is 0 Å². The predicted molar refractivity (Wildman–Crippen MR) is 103 cm³/mol. The van der Waals surface area contributed by atoms with Gasteiger partial charge in [0, 0.05) is 43.3 Å². The first-order valence-corrected chi connectivity index (χ1v) is 9.18. The molecule has 1 saturated heterocycles. The molecule has 6 heteroatoms. The number of benzene rings is 2. The number of rotatable bonds is 4. The normalized spacial score (nSPS) is 15.4. The van der Waals surface area contributed by atoms with Crippen molar-refractivity contribution in [1.82, 2.24) is 15.0 Å². The lowest BCUT2D eigenvalue weighted by molar-refractivity contribution is 0.242. The molecule has 4 rings (SSSR count). The topological polar surface area (TPSA) is 45.4 Å². The van der Waals surface area contributed by atoms with E-state index in [-0.39, 0.29) is 0 Å². The Kier molecular flexibility index (Phi) is 4.91. The third-order valence-electron chi connectivity index (χ3n) is 4.69. The van der Waals surface area contributed by atoms with E-state index in [1.54, 1.807) is 0 Å². The molecule has 0 aliphatic carbocycles. The maximum Gasteiger partial charge on any atom is 0.324 e. The Hall–Kier alpha value is -2.37. The molecule has 2 heterocycles. The van der Waals surface area contributed by atoms with Crippen LogP contribution in [-0.4, -0.2) is 41.2 Å². The van der Waals surface area contributed by atoms with Gasteiger partial charge in [-0.1, -0.05) is 58.7 Å². The number of nitrogens with zero attached hydrogens (tertiary/aromatic N) is 4. The zero-order valence-electron chi connectivity index (χ0n) is 14.7. The van der Waals surface area contributed by atoms with Crippen LogP contribution < -0.4 is 4.90 Å². The molecular weight excluding hydrogens is 348 g/mol. The summed E-state index contributed by atoms with van der Waals surface area (Å²) in [5, 5.41) is 4.91. The SMILES string of the molecule is Cc1ccc(-c2noc(N3CCN(Cc4ccc(Cl)cc4)CC3)n2)cc1. The van der Waals surface area contributed by atoms with Gasteiger partial charge in [0.15, 0.2) is 0 Å². The fourth-order valence-corrected chi connectivity index (χ4v) is 3.24. The molecule has 0 bridgehead atoms. The van der Waals surface area contributed by atoms with Gasteiger partial charge in [0.25, 0.3) is 0 Å². The van der Waals surface area contributed by atoms with Gasteiger partial charge in [-0.25, -0.2) is 0 Å². The van der Waals surface area contributed by atoms with Gasteiger partial charge in [-0.2, -0.15) is 4.98 Å². The van der Waals surface area contributed by atoms with Crippen molar-refractivity contribution in [3.63, 3.8) is 0 Å². The Labute approximate surface area is 158 Å². The van der Waals surface area contributed by atoms with Crippen molar-refractivity contribution in [3.05, 3.63) is 64.7 Å². The van der Waals surface area contributed by atoms with E-state index in [2.05, 4.69) is 51.1 Å². The molecule has 0 radical (unpaired) electrons. The largest absolute Gasteiger partial charge is 0.324 e. The Bertz CT molecular complexity index is 852. The number of hydrogen-bond acceptors (Lipinski definition) is 5. The summed E-state index contributed by atoms with van der Waals surface area (Å²) < 4.78 is 5.49. The van der Waals surface area contributed by atoms with Crippen LogP contribution in [0.3, 0.4) is 0 Å². The Morgan fingerprint density at radius 3 is 2.35 bits per heavy atom. The minimum atomic E-state index is 0.603. The average Bonchev–Trinajstić information content (AvgIpc) is 3.15. The maximum absolute atomic E-state index is 5.95. The molecule has 0 unspecified atom stereocenters. The van der Waals surface area contributed by atoms with Crippen LogP contribution in [0.5, 0.6) is 0 Å². The van der Waals surface area contributed by atoms with Crippen molar-refractivity contribution in [1.29, 1.82) is 0 Å². The summed E-state index contributed by atoms with van der Waals surface area (Å²) in [6.45, 7) is 6.68. The molecule has 1 aliphatic heterocycles. The fourth-order valence-electron chi connectivity index (χ4n) is 3.11. The van der Waals surface area contributed by atoms with Crippen LogP contribution in [0, 0.1) is 6.92 Å². The van der Waals surface area contributed by atoms with Crippen molar-refractivity contribution in [2.75, 3.05) is 31.1 Å². The van der Waals surface area contributed by atoms with Crippen LogP contribution in [0.1, 0.15) is 11.1 Å². The molecule has 0 atom stereocenters. The second-order valence-electron chi connectivity index (χ2n) is 6.66. The first-order valence-electron chi connectivity index (χ1n) is 8.80. The summed E-state index contributed by atoms with van der Waals surface area (Å²) in [5.74, 6) is 0.642. The Morgan fingerprint density at radius 1 is 0.962 bits per heavy atom. The lowest BCUT2D eigenvalue weighted by atomic mass is 10.1. The second-order valence-corrected chi connectivity index (χ2v) is 7.09. The van der Waals surface area contributed by atoms with Crippen molar-refractivity contribution >= 4 is 17.6 Å². The van der Waals surface area contributed by atoms with Gasteiger partial charge < -0.3 is 9.42 Å². The third-order valence-corrected chi connectivity index (χ3v) is 4.94. The number of piperazine rings is 1. The summed E-state index contributed by atoms with van der Waals surface area (Å²) in [5.41, 5.74) is 3.48. The van der Waals surface area contributed by atoms with Crippen LogP contribution >= 0.6 is 11.6 Å². The zero-order chi connectivity index (χ0) is 17.9. The van der Waals surface area contributed by atoms with Crippen LogP contribution in [0.25, 0.3) is 11.4 Å². The summed E-state index contributed by atoms with van der Waals surface area (Å²) in [4.78, 5) is 9.15. The van der Waals surface area contributed by atoms with E-state index in [0.29, 0.717) is 11.8 Å². The van der Waals surface area contributed by atoms with E-state index in [4.69, 9.17) is 16.1 Å². The standard InChI is InChI=1S/C20H21ClN4O/c1-15-2-6-17(7-3-15)19-22-20(26-23-19)25-12-10-24(11-13-25)14-16-4-8-18(21)9-5-16/h2-9H,10-14H2,1H3. The summed E-state index contributed by atoms with van der Waals surface area (Å²) >= 11 is 5.95. The molecule has 2 aromatic carbocycles. The highest BCUT2D eigenvalue weighted by molar-refractivity contribution is 6.30. The van der Waals surface area contributed by atoms with E-state index in [1.807, 2.05) is 24.3 Å². The average molecular weight is 369 g/mol. The van der Waals surface area contributed by atoms with Gasteiger partial charge in [-0.05, 0) is 24.6 Å². The Balaban J connectivity index is 1.36. The molecule has 0 spiro atoms. The highest BCUT2D eigenvalue weighted by Gasteiger charge is 2.21. The second kappa shape index (κ2) is 7.48. The van der Waals surface area contributed by atoms with Gasteiger partial charge in [0.05, 0.1) is 0 Å². The minimum Gasteiger partial charge on any atom is -0.322 e. The fraction of sp³-hybridized carbons (Fsp3) is 0.300. The lowest BCUT2D eigenvalue weighted by Crippen LogP contribution is -2.46. The van der Waals surface area contributed by atoms with Crippen molar-refractivity contribution in [2.24, 2.45) is 0 Å². The molecule has 1 aliphatic rings. The molecule has 0 N–H and O–H groups in total. The van der Waals surface area contributed by atoms with Gasteiger partial charge in [-0.3, -0.25) is 4.90 Å². The van der Waals surface area contributed by atoms with Crippen molar-refractivity contribution in [3.8, 4) is 11.4 Å². The van der Waals surface area contributed by atoms with Gasteiger partial charge in [0.1, 0.15) is 0 Å². The molecule has 0 amide bonds. The third kappa shape index (κ3) is 3.89. The number of hydrogen-bond donors (Lipinski definition) is 0. The highest BCUT2D eigenvalue weighted by atomic mass is 35.5. The molecule has 26 heavy (non-hydrogen) atoms. The maximum atomic E-state index is 5.95. The van der Waals surface area contributed by atoms with Crippen LogP contribution in [0.15, 0.2) is 53.1 Å². The van der Waals surface area contributed by atoms with Crippen molar-refractivity contribution < 1.29 is 4.52 Å². The quantitative estimate of drug-likeness (QED) is 0.696. The molecule has 5 nitrogen and oxygen atoms in total. The first-order chi connectivity index (χ1) is 12.7. The molecule has 3 aromatic rings. The minimum absolute atomic E-state index is 0.603. The number of halogens is 1. The summed E-state index contributed by atoms with van der Waals surface area (Å²) in [6.07, 6.45) is 0. The highest BCUT2D eigenvalue weighted by Crippen LogP contribution is 2.21. The van der Waals surface area contributed by atoms with Crippen molar-refractivity contribution in [2.45, 2.75) is 13.5 Å². The van der Waals surface area contributed by atoms with Crippen LogP contribution in [-0.2, 0) is 6.54 Å². The van der Waals surface area contributed by atoms with E-state index in [0.717, 1.165) is 43.3 Å². The van der Waals surface area contributed by atoms with Crippen LogP contribution in [0.4, 0.5) is 6.01 Å². The predicted octanol–water partition coefficient (Wildman–Crippen LogP) is 4.02. The van der Waals surface area contributed by atoms with Crippen LogP contribution in [0.2, 0.25) is 5.02 Å². The Morgan fingerprint density at radius 2 is 1.65 bits per heavy atom. The van der Waals surface area contributed by atoms with E-state index >= 15 is 0 Å². The molecule has 1 fully saturated rings. The smallest absolute Gasteiger partial charge is 0.322 e. The number of anilines is 1. The molecule has 0 saturated carbocycles. The van der Waals surface area contributed by atoms with Gasteiger partial charge >= 0.3 is 6.01 Å². The van der Waals surface area contributed by atoms with Gasteiger partial charge in [-0.15, -0.1) is 0 Å². The lowest BCUT2D eigenvalue weighted by Gasteiger charge is -2.33. The zero-order valence-corrected chi connectivity index (χ0v) is 15.5. The van der Waals surface area contributed by atoms with E-state index in [9.17, 15) is 0 Å². The monoisotopic (exact) mass is 368 g/mol. The van der Waals surface area contributed by atoms with Gasteiger partial charge in [0.2, 0.25) is 5.82 Å². The first kappa shape index (κ1) is 17.1. The summed E-state index contributed by atoms with van der Waals surface area (Å²) in [7, 11) is 0. The van der Waals surface area contributed by atoms with E-state index in [1.165, 1.54) is 11.1 Å². The molecule has 134 valence electrons. The summed E-state index contributed by atoms with van der Waals surface area (Å²) in [6, 6.07) is 16.8. The number of aryl methyl sites for hydroxylation is 1.